The maximum atomic E-state index is 11.6. The number of nitrogens with two attached hydrogens (primary N) is 1. The summed E-state index contributed by atoms with van der Waals surface area (Å²) in [6.07, 6.45) is 0.338. The molecule has 0 radical (unpaired) electrons. The van der Waals surface area contributed by atoms with Crippen molar-refractivity contribution >= 4 is 27.3 Å². The molecule has 0 aromatic heterocycles. The van der Waals surface area contributed by atoms with E-state index >= 15 is 0 Å². The molecule has 112 valence electrons. The highest BCUT2D eigenvalue weighted by molar-refractivity contribution is 7.89. The Morgan fingerprint density at radius 2 is 2.05 bits per heavy atom. The van der Waals surface area contributed by atoms with Crippen molar-refractivity contribution in [1.82, 2.24) is 10.0 Å². The third-order valence-electron chi connectivity index (χ3n) is 2.62. The minimum atomic E-state index is -3.55. The van der Waals surface area contributed by atoms with E-state index in [1.54, 1.807) is 6.07 Å². The SMILES string of the molecule is CCNC(=O)CCNc1ccc(S(=O)(=O)NC)c(N)c1. The summed E-state index contributed by atoms with van der Waals surface area (Å²) in [6.45, 7) is 2.90. The van der Waals surface area contributed by atoms with E-state index < -0.39 is 10.0 Å². The van der Waals surface area contributed by atoms with E-state index in [4.69, 9.17) is 5.73 Å². The Balaban J connectivity index is 2.67. The molecule has 0 fully saturated rings. The smallest absolute Gasteiger partial charge is 0.242 e. The number of anilines is 2. The van der Waals surface area contributed by atoms with Gasteiger partial charge in [-0.05, 0) is 32.2 Å². The molecule has 0 bridgehead atoms. The fourth-order valence-electron chi connectivity index (χ4n) is 1.62. The molecular formula is C12H20N4O3S. The Bertz CT molecular complexity index is 572. The van der Waals surface area contributed by atoms with E-state index in [0.717, 1.165) is 0 Å². The van der Waals surface area contributed by atoms with Gasteiger partial charge in [-0.15, -0.1) is 0 Å². The summed E-state index contributed by atoms with van der Waals surface area (Å²) >= 11 is 0. The molecule has 1 rings (SSSR count). The van der Waals surface area contributed by atoms with Gasteiger partial charge >= 0.3 is 0 Å². The van der Waals surface area contributed by atoms with E-state index in [1.165, 1.54) is 19.2 Å². The fraction of sp³-hybridized carbons (Fsp3) is 0.417. The molecule has 0 heterocycles. The van der Waals surface area contributed by atoms with Crippen molar-refractivity contribution in [2.24, 2.45) is 0 Å². The van der Waals surface area contributed by atoms with Crippen molar-refractivity contribution in [1.29, 1.82) is 0 Å². The van der Waals surface area contributed by atoms with Gasteiger partial charge in [-0.1, -0.05) is 0 Å². The molecule has 0 saturated carbocycles. The lowest BCUT2D eigenvalue weighted by atomic mass is 10.2. The van der Waals surface area contributed by atoms with Crippen molar-refractivity contribution in [3.8, 4) is 0 Å². The molecule has 1 aromatic carbocycles. The Labute approximate surface area is 119 Å². The molecule has 0 aliphatic heterocycles. The van der Waals surface area contributed by atoms with E-state index in [-0.39, 0.29) is 16.5 Å². The minimum Gasteiger partial charge on any atom is -0.398 e. The normalized spacial score (nSPS) is 11.1. The molecule has 0 saturated heterocycles. The number of amides is 1. The van der Waals surface area contributed by atoms with Crippen LogP contribution >= 0.6 is 0 Å². The minimum absolute atomic E-state index is 0.0364. The van der Waals surface area contributed by atoms with Crippen molar-refractivity contribution in [3.05, 3.63) is 18.2 Å². The summed E-state index contributed by atoms with van der Waals surface area (Å²) in [5.74, 6) is -0.0395. The van der Waals surface area contributed by atoms with Crippen LogP contribution in [0.4, 0.5) is 11.4 Å². The van der Waals surface area contributed by atoms with Crippen LogP contribution in [0.5, 0.6) is 0 Å². The van der Waals surface area contributed by atoms with Crippen LogP contribution in [0.1, 0.15) is 13.3 Å². The summed E-state index contributed by atoms with van der Waals surface area (Å²) in [7, 11) is -2.23. The van der Waals surface area contributed by atoms with Gasteiger partial charge < -0.3 is 16.4 Å². The average molecular weight is 300 g/mol. The van der Waals surface area contributed by atoms with Crippen LogP contribution in [0, 0.1) is 0 Å². The van der Waals surface area contributed by atoms with Gasteiger partial charge in [0.15, 0.2) is 0 Å². The van der Waals surface area contributed by atoms with Crippen LogP contribution < -0.4 is 21.1 Å². The predicted octanol–water partition coefficient (Wildman–Crippen LogP) is 0.115. The second-order valence-electron chi connectivity index (χ2n) is 4.09. The summed E-state index contributed by atoms with van der Waals surface area (Å²) in [4.78, 5) is 11.3. The number of hydrogen-bond acceptors (Lipinski definition) is 5. The lowest BCUT2D eigenvalue weighted by Crippen LogP contribution is -2.24. The summed E-state index contributed by atoms with van der Waals surface area (Å²) in [5, 5.41) is 5.70. The second kappa shape index (κ2) is 7.11. The first-order valence-corrected chi connectivity index (χ1v) is 7.72. The van der Waals surface area contributed by atoms with Gasteiger partial charge in [0.25, 0.3) is 0 Å². The molecule has 0 spiro atoms. The number of carbonyl (C=O) groups excluding carboxylic acids is 1. The van der Waals surface area contributed by atoms with Gasteiger partial charge in [-0.3, -0.25) is 4.79 Å². The maximum absolute atomic E-state index is 11.6. The first kappa shape index (κ1) is 16.3. The van der Waals surface area contributed by atoms with Crippen LogP contribution in [0.3, 0.4) is 0 Å². The Hall–Kier alpha value is -1.80. The van der Waals surface area contributed by atoms with E-state index in [2.05, 4.69) is 15.4 Å². The van der Waals surface area contributed by atoms with E-state index in [1.807, 2.05) is 6.92 Å². The number of nitrogens with one attached hydrogen (secondary N) is 3. The molecular weight excluding hydrogens is 280 g/mol. The van der Waals surface area contributed by atoms with Crippen LogP contribution in [0.25, 0.3) is 0 Å². The quantitative estimate of drug-likeness (QED) is 0.534. The molecule has 0 unspecified atom stereocenters. The van der Waals surface area contributed by atoms with E-state index in [9.17, 15) is 13.2 Å². The first-order chi connectivity index (χ1) is 9.40. The van der Waals surface area contributed by atoms with Crippen molar-refractivity contribution in [2.75, 3.05) is 31.2 Å². The Morgan fingerprint density at radius 3 is 2.60 bits per heavy atom. The molecule has 1 aromatic rings. The van der Waals surface area contributed by atoms with Gasteiger partial charge in [-0.25, -0.2) is 13.1 Å². The first-order valence-electron chi connectivity index (χ1n) is 6.24. The van der Waals surface area contributed by atoms with Crippen LogP contribution in [-0.2, 0) is 14.8 Å². The number of carbonyl (C=O) groups is 1. The Morgan fingerprint density at radius 1 is 1.35 bits per heavy atom. The topological polar surface area (TPSA) is 113 Å². The third-order valence-corrected chi connectivity index (χ3v) is 4.11. The number of hydrogen-bond donors (Lipinski definition) is 4. The predicted molar refractivity (Wildman–Crippen MR) is 78.9 cm³/mol. The standard InChI is InChI=1S/C12H20N4O3S/c1-3-15-12(17)6-7-16-9-4-5-11(10(13)8-9)20(18,19)14-2/h4-5,8,14,16H,3,6-7,13H2,1-2H3,(H,15,17). The van der Waals surface area contributed by atoms with Crippen molar-refractivity contribution in [3.63, 3.8) is 0 Å². The van der Waals surface area contributed by atoms with E-state index in [0.29, 0.717) is 25.2 Å². The second-order valence-corrected chi connectivity index (χ2v) is 5.95. The lowest BCUT2D eigenvalue weighted by Gasteiger charge is -2.10. The van der Waals surface area contributed by atoms with Crippen LogP contribution in [0.2, 0.25) is 0 Å². The molecule has 0 atom stereocenters. The van der Waals surface area contributed by atoms with Gasteiger partial charge in [0.1, 0.15) is 4.90 Å². The molecule has 5 N–H and O–H groups in total. The zero-order chi connectivity index (χ0) is 15.2. The zero-order valence-electron chi connectivity index (χ0n) is 11.6. The van der Waals surface area contributed by atoms with Crippen molar-refractivity contribution in [2.45, 2.75) is 18.2 Å². The molecule has 20 heavy (non-hydrogen) atoms. The van der Waals surface area contributed by atoms with Crippen LogP contribution in [-0.4, -0.2) is 34.5 Å². The number of sulfonamides is 1. The molecule has 8 heteroatoms. The monoisotopic (exact) mass is 300 g/mol. The summed E-state index contributed by atoms with van der Waals surface area (Å²) in [6, 6.07) is 4.57. The fourth-order valence-corrected chi connectivity index (χ4v) is 2.46. The molecule has 0 aliphatic rings. The molecule has 1 amide bonds. The average Bonchev–Trinajstić information content (AvgIpc) is 2.39. The maximum Gasteiger partial charge on any atom is 0.242 e. The Kier molecular flexibility index (Phi) is 5.78. The van der Waals surface area contributed by atoms with Gasteiger partial charge in [0, 0.05) is 25.2 Å². The van der Waals surface area contributed by atoms with Crippen LogP contribution in [0.15, 0.2) is 23.1 Å². The van der Waals surface area contributed by atoms with Crippen molar-refractivity contribution < 1.29 is 13.2 Å². The van der Waals surface area contributed by atoms with Gasteiger partial charge in [0.05, 0.1) is 5.69 Å². The highest BCUT2D eigenvalue weighted by Gasteiger charge is 2.15. The summed E-state index contributed by atoms with van der Waals surface area (Å²) < 4.78 is 25.5. The highest BCUT2D eigenvalue weighted by atomic mass is 32.2. The zero-order valence-corrected chi connectivity index (χ0v) is 12.4. The third kappa shape index (κ3) is 4.39. The molecule has 0 aliphatic carbocycles. The highest BCUT2D eigenvalue weighted by Crippen LogP contribution is 2.22. The van der Waals surface area contributed by atoms with Gasteiger partial charge in [0.2, 0.25) is 15.9 Å². The lowest BCUT2D eigenvalue weighted by molar-refractivity contribution is -0.120. The largest absolute Gasteiger partial charge is 0.398 e. The summed E-state index contributed by atoms with van der Waals surface area (Å²) in [5.41, 5.74) is 6.55. The number of rotatable bonds is 7. The number of benzene rings is 1. The molecule has 7 nitrogen and oxygen atoms in total. The van der Waals surface area contributed by atoms with Gasteiger partial charge in [-0.2, -0.15) is 0 Å². The number of nitrogen functional groups attached to an aromatic ring is 1.